The van der Waals surface area contributed by atoms with Crippen LogP contribution in [0.2, 0.25) is 0 Å². The number of nitrogens with two attached hydrogens (primary N) is 1. The number of rotatable bonds is 2. The number of aliphatic hydroxyl groups is 1. The molecule has 9 heteroatoms. The fourth-order valence-electron chi connectivity index (χ4n) is 2.48. The minimum atomic E-state index is -4.94. The molecule has 0 aliphatic carbocycles. The quantitative estimate of drug-likeness (QED) is 0.877. The number of aryl methyl sites for hydroxylation is 1. The van der Waals surface area contributed by atoms with Gasteiger partial charge in [0.15, 0.2) is 5.82 Å². The molecule has 1 atom stereocenters. The van der Waals surface area contributed by atoms with Gasteiger partial charge in [0, 0.05) is 11.8 Å². The highest BCUT2D eigenvalue weighted by Gasteiger charge is 2.62. The van der Waals surface area contributed by atoms with E-state index in [9.17, 15) is 18.3 Å². The van der Waals surface area contributed by atoms with Gasteiger partial charge in [0.05, 0.1) is 12.1 Å². The highest BCUT2D eigenvalue weighted by molar-refractivity contribution is 6.03. The van der Waals surface area contributed by atoms with Crippen molar-refractivity contribution in [2.45, 2.75) is 25.2 Å². The summed E-state index contributed by atoms with van der Waals surface area (Å²) in [6.07, 6.45) is -5.66. The average molecular weight is 337 g/mol. The van der Waals surface area contributed by atoms with Crippen LogP contribution in [0.4, 0.5) is 24.9 Å². The molecule has 1 aromatic heterocycles. The van der Waals surface area contributed by atoms with Gasteiger partial charge in [0.25, 0.3) is 5.72 Å². The normalized spacial score (nSPS) is 21.0. The molecule has 3 rings (SSSR count). The molecule has 0 saturated heterocycles. The van der Waals surface area contributed by atoms with Gasteiger partial charge in [0.1, 0.15) is 0 Å². The van der Waals surface area contributed by atoms with Crippen LogP contribution in [0.15, 0.2) is 41.5 Å². The Balaban J connectivity index is 2.12. The Morgan fingerprint density at radius 2 is 1.88 bits per heavy atom. The molecule has 126 valence electrons. The molecule has 2 aromatic rings. The van der Waals surface area contributed by atoms with Crippen LogP contribution in [0.5, 0.6) is 0 Å². The van der Waals surface area contributed by atoms with Crippen molar-refractivity contribution in [1.82, 2.24) is 9.97 Å². The molecule has 24 heavy (non-hydrogen) atoms. The lowest BCUT2D eigenvalue weighted by Crippen LogP contribution is -2.55. The van der Waals surface area contributed by atoms with Gasteiger partial charge in [-0.1, -0.05) is 30.3 Å². The van der Waals surface area contributed by atoms with Gasteiger partial charge in [-0.3, -0.25) is 0 Å². The van der Waals surface area contributed by atoms with Crippen LogP contribution in [-0.2, 0) is 0 Å². The van der Waals surface area contributed by atoms with Crippen LogP contribution >= 0.6 is 0 Å². The minimum Gasteiger partial charge on any atom is -0.368 e. The van der Waals surface area contributed by atoms with Crippen molar-refractivity contribution in [3.8, 4) is 0 Å². The zero-order valence-electron chi connectivity index (χ0n) is 12.6. The zero-order valence-corrected chi connectivity index (χ0v) is 12.6. The van der Waals surface area contributed by atoms with Crippen LogP contribution in [0.25, 0.3) is 0 Å². The molecular formula is C15H14F3N5O. The van der Waals surface area contributed by atoms with E-state index in [2.05, 4.69) is 15.1 Å². The first-order valence-electron chi connectivity index (χ1n) is 7.04. The Morgan fingerprint density at radius 1 is 1.21 bits per heavy atom. The van der Waals surface area contributed by atoms with Crippen molar-refractivity contribution in [2.24, 2.45) is 5.10 Å². The van der Waals surface area contributed by atoms with Gasteiger partial charge in [0.2, 0.25) is 5.95 Å². The molecule has 0 saturated carbocycles. The van der Waals surface area contributed by atoms with E-state index < -0.39 is 18.3 Å². The number of benzene rings is 1. The topological polar surface area (TPSA) is 87.6 Å². The number of hydrogen-bond donors (Lipinski definition) is 2. The molecular weight excluding hydrogens is 323 g/mol. The molecule has 6 nitrogen and oxygen atoms in total. The third-order valence-corrected chi connectivity index (χ3v) is 3.62. The molecule has 2 heterocycles. The molecule has 1 aliphatic heterocycles. The first-order chi connectivity index (χ1) is 11.2. The molecule has 0 spiro atoms. The second-order valence-corrected chi connectivity index (χ2v) is 5.44. The first-order valence-corrected chi connectivity index (χ1v) is 7.04. The lowest BCUT2D eigenvalue weighted by molar-refractivity contribution is -0.254. The van der Waals surface area contributed by atoms with Crippen LogP contribution in [0, 0.1) is 6.92 Å². The standard InChI is InChI=1S/C15H14F3N5O/c1-9-7-12(21-13(19)20-9)23-14(24,15(16,17)18)8-11(22-23)10-5-3-2-4-6-10/h2-7,24H,8H2,1H3,(H2,19,20,21). The van der Waals surface area contributed by atoms with E-state index in [4.69, 9.17) is 5.73 Å². The van der Waals surface area contributed by atoms with E-state index in [1.54, 1.807) is 37.3 Å². The maximum atomic E-state index is 13.5. The summed E-state index contributed by atoms with van der Waals surface area (Å²) in [5, 5.41) is 14.8. The molecule has 0 fully saturated rings. The van der Waals surface area contributed by atoms with Crippen molar-refractivity contribution < 1.29 is 18.3 Å². The summed E-state index contributed by atoms with van der Waals surface area (Å²) in [5.74, 6) is -0.413. The monoisotopic (exact) mass is 337 g/mol. The summed E-state index contributed by atoms with van der Waals surface area (Å²) in [6.45, 7) is 1.56. The van der Waals surface area contributed by atoms with Crippen molar-refractivity contribution in [3.63, 3.8) is 0 Å². The Morgan fingerprint density at radius 3 is 2.46 bits per heavy atom. The maximum Gasteiger partial charge on any atom is 0.438 e. The number of hydrazone groups is 1. The summed E-state index contributed by atoms with van der Waals surface area (Å²) >= 11 is 0. The third kappa shape index (κ3) is 2.67. The predicted molar refractivity (Wildman–Crippen MR) is 82.3 cm³/mol. The number of hydrogen-bond acceptors (Lipinski definition) is 6. The Bertz CT molecular complexity index is 773. The predicted octanol–water partition coefficient (Wildman–Crippen LogP) is 2.23. The van der Waals surface area contributed by atoms with Gasteiger partial charge >= 0.3 is 6.18 Å². The molecule has 0 amide bonds. The summed E-state index contributed by atoms with van der Waals surface area (Å²) in [7, 11) is 0. The summed E-state index contributed by atoms with van der Waals surface area (Å²) < 4.78 is 40.6. The third-order valence-electron chi connectivity index (χ3n) is 3.62. The Hall–Kier alpha value is -2.68. The fourth-order valence-corrected chi connectivity index (χ4v) is 2.48. The van der Waals surface area contributed by atoms with Gasteiger partial charge in [-0.25, -0.2) is 9.99 Å². The van der Waals surface area contributed by atoms with Crippen LogP contribution in [0.1, 0.15) is 17.7 Å². The van der Waals surface area contributed by atoms with Gasteiger partial charge < -0.3 is 10.8 Å². The van der Waals surface area contributed by atoms with Gasteiger partial charge in [-0.05, 0) is 12.5 Å². The van der Waals surface area contributed by atoms with Crippen molar-refractivity contribution in [3.05, 3.63) is 47.7 Å². The highest BCUT2D eigenvalue weighted by Crippen LogP contribution is 2.43. The largest absolute Gasteiger partial charge is 0.438 e. The van der Waals surface area contributed by atoms with E-state index in [0.717, 1.165) is 0 Å². The van der Waals surface area contributed by atoms with Crippen LogP contribution in [0.3, 0.4) is 0 Å². The SMILES string of the molecule is Cc1cc(N2N=C(c3ccccc3)CC2(O)C(F)(F)F)nc(N)n1. The molecule has 1 aromatic carbocycles. The summed E-state index contributed by atoms with van der Waals surface area (Å²) in [6, 6.07) is 9.63. The smallest absolute Gasteiger partial charge is 0.368 e. The number of anilines is 2. The first kappa shape index (κ1) is 16.2. The van der Waals surface area contributed by atoms with E-state index >= 15 is 0 Å². The minimum absolute atomic E-state index is 0.102. The highest BCUT2D eigenvalue weighted by atomic mass is 19.4. The number of nitrogens with zero attached hydrogens (tertiary/aromatic N) is 4. The fraction of sp³-hybridized carbons (Fsp3) is 0.267. The van der Waals surface area contributed by atoms with E-state index in [-0.39, 0.29) is 17.5 Å². The maximum absolute atomic E-state index is 13.5. The van der Waals surface area contributed by atoms with E-state index in [1.165, 1.54) is 6.07 Å². The van der Waals surface area contributed by atoms with Crippen molar-refractivity contribution in [1.29, 1.82) is 0 Å². The van der Waals surface area contributed by atoms with Gasteiger partial charge in [-0.2, -0.15) is 23.3 Å². The lowest BCUT2D eigenvalue weighted by Gasteiger charge is -2.33. The molecule has 0 radical (unpaired) electrons. The number of aromatic nitrogens is 2. The van der Waals surface area contributed by atoms with E-state index in [1.807, 2.05) is 0 Å². The van der Waals surface area contributed by atoms with Gasteiger partial charge in [-0.15, -0.1) is 0 Å². The van der Waals surface area contributed by atoms with E-state index in [0.29, 0.717) is 16.3 Å². The lowest BCUT2D eigenvalue weighted by atomic mass is 10.0. The molecule has 3 N–H and O–H groups in total. The Kier molecular flexibility index (Phi) is 3.67. The number of nitrogen functional groups attached to an aromatic ring is 1. The second kappa shape index (κ2) is 5.45. The molecule has 0 bridgehead atoms. The number of alkyl halides is 3. The number of halogens is 3. The molecule has 1 unspecified atom stereocenters. The summed E-state index contributed by atoms with van der Waals surface area (Å²) in [5.41, 5.74) is 3.26. The zero-order chi connectivity index (χ0) is 17.5. The van der Waals surface area contributed by atoms with Crippen LogP contribution < -0.4 is 10.7 Å². The Labute approximate surface area is 135 Å². The van der Waals surface area contributed by atoms with Crippen LogP contribution in [-0.4, -0.2) is 32.7 Å². The summed E-state index contributed by atoms with van der Waals surface area (Å²) in [4.78, 5) is 7.60. The molecule has 1 aliphatic rings. The second-order valence-electron chi connectivity index (χ2n) is 5.44. The van der Waals surface area contributed by atoms with Crippen molar-refractivity contribution >= 4 is 17.5 Å². The van der Waals surface area contributed by atoms with Crippen molar-refractivity contribution in [2.75, 3.05) is 10.7 Å². The average Bonchev–Trinajstić information content (AvgIpc) is 2.86.